The van der Waals surface area contributed by atoms with Gasteiger partial charge in [0.1, 0.15) is 0 Å². The molecule has 0 saturated carbocycles. The molecule has 1 aliphatic rings. The van der Waals surface area contributed by atoms with E-state index in [2.05, 4.69) is 9.88 Å². The lowest BCUT2D eigenvalue weighted by Crippen LogP contribution is -2.30. The largest absolute Gasteiger partial charge is 0.345 e. The van der Waals surface area contributed by atoms with Crippen molar-refractivity contribution in [3.05, 3.63) is 105 Å². The van der Waals surface area contributed by atoms with Crippen LogP contribution in [0.15, 0.2) is 72.2 Å². The Morgan fingerprint density at radius 2 is 1.88 bits per heavy atom. The monoisotopic (exact) mass is 461 g/mol. The van der Waals surface area contributed by atoms with E-state index >= 15 is 0 Å². The van der Waals surface area contributed by atoms with Crippen LogP contribution in [-0.2, 0) is 13.1 Å². The van der Waals surface area contributed by atoms with Crippen molar-refractivity contribution in [2.45, 2.75) is 20.0 Å². The van der Waals surface area contributed by atoms with E-state index in [4.69, 9.17) is 11.6 Å². The summed E-state index contributed by atoms with van der Waals surface area (Å²) in [6, 6.07) is 18.9. The van der Waals surface area contributed by atoms with Gasteiger partial charge in [-0.05, 0) is 65.9 Å². The summed E-state index contributed by atoms with van der Waals surface area (Å²) in [6.45, 7) is 3.08. The van der Waals surface area contributed by atoms with E-state index in [1.807, 2.05) is 61.0 Å². The van der Waals surface area contributed by atoms with Crippen molar-refractivity contribution in [2.24, 2.45) is 0 Å². The first-order valence-corrected chi connectivity index (χ1v) is 11.5. The number of hydrogen-bond acceptors (Lipinski definition) is 3. The van der Waals surface area contributed by atoms with Gasteiger partial charge < -0.3 is 14.8 Å². The van der Waals surface area contributed by atoms with Crippen molar-refractivity contribution in [1.29, 1.82) is 0 Å². The normalized spacial score (nSPS) is 12.6. The predicted molar refractivity (Wildman–Crippen MR) is 129 cm³/mol. The standard InChI is InChI=1S/C25H20ClN3O2S/c1-16-10-12-32-23(16)24(30)27-21-9-8-17(13-20(21)26)25(31)29-15-19-6-4-11-28(19)14-18-5-2-3-7-22(18)29/h2-13H,14-15H2,1H3,(H,27,30). The van der Waals surface area contributed by atoms with Crippen LogP contribution in [0.3, 0.4) is 0 Å². The Balaban J connectivity index is 1.44. The third-order valence-corrected chi connectivity index (χ3v) is 6.97. The second-order valence-corrected chi connectivity index (χ2v) is 9.05. The van der Waals surface area contributed by atoms with Gasteiger partial charge >= 0.3 is 0 Å². The number of amides is 2. The molecule has 0 aliphatic carbocycles. The maximum absolute atomic E-state index is 13.5. The van der Waals surface area contributed by atoms with Gasteiger partial charge in [0.05, 0.1) is 22.1 Å². The van der Waals surface area contributed by atoms with Gasteiger partial charge in [0.25, 0.3) is 11.8 Å². The van der Waals surface area contributed by atoms with Crippen LogP contribution in [-0.4, -0.2) is 16.4 Å². The Hall–Kier alpha value is -3.35. The van der Waals surface area contributed by atoms with E-state index in [0.717, 1.165) is 29.1 Å². The van der Waals surface area contributed by atoms with Gasteiger partial charge in [0.2, 0.25) is 0 Å². The molecule has 5 rings (SSSR count). The number of halogens is 1. The van der Waals surface area contributed by atoms with E-state index < -0.39 is 0 Å². The lowest BCUT2D eigenvalue weighted by Gasteiger charge is -2.23. The number of fused-ring (bicyclic) bond motifs is 2. The van der Waals surface area contributed by atoms with Crippen LogP contribution in [0, 0.1) is 6.92 Å². The highest BCUT2D eigenvalue weighted by Gasteiger charge is 2.25. The molecule has 0 spiro atoms. The Morgan fingerprint density at radius 1 is 1.03 bits per heavy atom. The number of aromatic nitrogens is 1. The summed E-state index contributed by atoms with van der Waals surface area (Å²) in [5, 5.41) is 5.05. The molecule has 0 fully saturated rings. The molecular formula is C25H20ClN3O2S. The molecule has 160 valence electrons. The van der Waals surface area contributed by atoms with Gasteiger partial charge in [0, 0.05) is 29.7 Å². The summed E-state index contributed by atoms with van der Waals surface area (Å²) in [7, 11) is 0. The van der Waals surface area contributed by atoms with Gasteiger partial charge in [-0.3, -0.25) is 9.59 Å². The van der Waals surface area contributed by atoms with Crippen LogP contribution < -0.4 is 10.2 Å². The van der Waals surface area contributed by atoms with Crippen molar-refractivity contribution < 1.29 is 9.59 Å². The van der Waals surface area contributed by atoms with Crippen molar-refractivity contribution in [3.8, 4) is 0 Å². The molecule has 0 atom stereocenters. The van der Waals surface area contributed by atoms with Crippen LogP contribution in [0.2, 0.25) is 5.02 Å². The summed E-state index contributed by atoms with van der Waals surface area (Å²) < 4.78 is 2.16. The number of carbonyl (C=O) groups excluding carboxylic acids is 2. The minimum absolute atomic E-state index is 0.138. The first kappa shape index (κ1) is 20.5. The number of para-hydroxylation sites is 1. The predicted octanol–water partition coefficient (Wildman–Crippen LogP) is 5.97. The van der Waals surface area contributed by atoms with Crippen LogP contribution in [0.1, 0.15) is 36.9 Å². The molecule has 2 amide bonds. The van der Waals surface area contributed by atoms with Crippen molar-refractivity contribution >= 4 is 46.1 Å². The van der Waals surface area contributed by atoms with Crippen LogP contribution in [0.5, 0.6) is 0 Å². The third kappa shape index (κ3) is 3.72. The average Bonchev–Trinajstić information content (AvgIpc) is 3.38. The quantitative estimate of drug-likeness (QED) is 0.408. The average molecular weight is 462 g/mol. The van der Waals surface area contributed by atoms with Gasteiger partial charge in [0.15, 0.2) is 0 Å². The highest BCUT2D eigenvalue weighted by atomic mass is 35.5. The fourth-order valence-electron chi connectivity index (χ4n) is 3.96. The highest BCUT2D eigenvalue weighted by molar-refractivity contribution is 7.12. The lowest BCUT2D eigenvalue weighted by atomic mass is 10.1. The van der Waals surface area contributed by atoms with Crippen molar-refractivity contribution in [1.82, 2.24) is 4.57 Å². The molecular weight excluding hydrogens is 442 g/mol. The number of hydrogen-bond donors (Lipinski definition) is 1. The zero-order chi connectivity index (χ0) is 22.2. The molecule has 1 N–H and O–H groups in total. The molecule has 5 nitrogen and oxygen atoms in total. The number of benzene rings is 2. The number of carbonyl (C=O) groups is 2. The molecule has 1 aliphatic heterocycles. The van der Waals surface area contributed by atoms with Gasteiger partial charge in [-0.1, -0.05) is 29.8 Å². The topological polar surface area (TPSA) is 54.3 Å². The number of nitrogens with zero attached hydrogens (tertiary/aromatic N) is 2. The number of rotatable bonds is 3. The summed E-state index contributed by atoms with van der Waals surface area (Å²) >= 11 is 7.85. The molecule has 2 aromatic heterocycles. The SMILES string of the molecule is Cc1ccsc1C(=O)Nc1ccc(C(=O)N2Cc3cccn3Cc3ccccc32)cc1Cl. The molecule has 7 heteroatoms. The smallest absolute Gasteiger partial charge is 0.266 e. The van der Waals surface area contributed by atoms with E-state index in [-0.39, 0.29) is 11.8 Å². The Kier molecular flexibility index (Phi) is 5.33. The van der Waals surface area contributed by atoms with Gasteiger partial charge in [-0.2, -0.15) is 0 Å². The minimum Gasteiger partial charge on any atom is -0.345 e. The maximum atomic E-state index is 13.5. The fraction of sp³-hybridized carbons (Fsp3) is 0.120. The summed E-state index contributed by atoms with van der Waals surface area (Å²) in [5.74, 6) is -0.346. The van der Waals surface area contributed by atoms with Crippen LogP contribution in [0.25, 0.3) is 0 Å². The van der Waals surface area contributed by atoms with E-state index in [9.17, 15) is 9.59 Å². The van der Waals surface area contributed by atoms with E-state index in [1.54, 1.807) is 23.1 Å². The van der Waals surface area contributed by atoms with Gasteiger partial charge in [-0.25, -0.2) is 0 Å². The second kappa shape index (κ2) is 8.30. The Morgan fingerprint density at radius 3 is 2.66 bits per heavy atom. The van der Waals surface area contributed by atoms with Gasteiger partial charge in [-0.15, -0.1) is 11.3 Å². The zero-order valence-corrected chi connectivity index (χ0v) is 18.9. The van der Waals surface area contributed by atoms with Crippen molar-refractivity contribution in [3.63, 3.8) is 0 Å². The molecule has 0 unspecified atom stereocenters. The number of anilines is 2. The molecule has 0 bridgehead atoms. The fourth-order valence-corrected chi connectivity index (χ4v) is 5.00. The van der Waals surface area contributed by atoms with Crippen LogP contribution in [0.4, 0.5) is 11.4 Å². The second-order valence-electron chi connectivity index (χ2n) is 7.73. The number of thiophene rings is 1. The highest BCUT2D eigenvalue weighted by Crippen LogP contribution is 2.31. The summed E-state index contributed by atoms with van der Waals surface area (Å²) in [6.07, 6.45) is 2.03. The lowest BCUT2D eigenvalue weighted by molar-refractivity contribution is 0.0984. The molecule has 2 aromatic carbocycles. The zero-order valence-electron chi connectivity index (χ0n) is 17.3. The molecule has 3 heterocycles. The molecule has 32 heavy (non-hydrogen) atoms. The number of aryl methyl sites for hydroxylation is 1. The molecule has 0 radical (unpaired) electrons. The summed E-state index contributed by atoms with van der Waals surface area (Å²) in [4.78, 5) is 28.5. The summed E-state index contributed by atoms with van der Waals surface area (Å²) in [5.41, 5.74) is 4.90. The first-order chi connectivity index (χ1) is 15.5. The molecule has 0 saturated heterocycles. The van der Waals surface area contributed by atoms with Crippen LogP contribution >= 0.6 is 22.9 Å². The first-order valence-electron chi connectivity index (χ1n) is 10.2. The van der Waals surface area contributed by atoms with E-state index in [0.29, 0.717) is 27.7 Å². The Bertz CT molecular complexity index is 1340. The molecule has 4 aromatic rings. The Labute approximate surface area is 194 Å². The van der Waals surface area contributed by atoms with Crippen molar-refractivity contribution in [2.75, 3.05) is 10.2 Å². The third-order valence-electron chi connectivity index (χ3n) is 5.64. The van der Waals surface area contributed by atoms with E-state index in [1.165, 1.54) is 11.3 Å². The number of nitrogens with one attached hydrogen (secondary N) is 1. The maximum Gasteiger partial charge on any atom is 0.266 e. The minimum atomic E-state index is -0.208.